The highest BCUT2D eigenvalue weighted by Crippen LogP contribution is 2.33. The summed E-state index contributed by atoms with van der Waals surface area (Å²) >= 11 is 0. The molecule has 3 aliphatic heterocycles. The van der Waals surface area contributed by atoms with E-state index < -0.39 is 6.04 Å². The molecule has 0 saturated carbocycles. The lowest BCUT2D eigenvalue weighted by molar-refractivity contribution is -0.123. The zero-order valence-corrected chi connectivity index (χ0v) is 19.8. The molecule has 2 saturated heterocycles. The van der Waals surface area contributed by atoms with Crippen LogP contribution in [0.25, 0.3) is 0 Å². The van der Waals surface area contributed by atoms with Crippen LogP contribution < -0.4 is 19.1 Å². The molecule has 0 bridgehead atoms. The van der Waals surface area contributed by atoms with Crippen molar-refractivity contribution in [1.82, 2.24) is 9.80 Å². The van der Waals surface area contributed by atoms with Crippen LogP contribution >= 0.6 is 0 Å². The molecule has 0 spiro atoms. The van der Waals surface area contributed by atoms with E-state index >= 15 is 0 Å². The molecule has 0 radical (unpaired) electrons. The second-order valence-electron chi connectivity index (χ2n) is 9.20. The molecule has 0 aromatic heterocycles. The minimum absolute atomic E-state index is 0.152. The van der Waals surface area contributed by atoms with E-state index in [1.807, 2.05) is 42.5 Å². The van der Waals surface area contributed by atoms with Crippen LogP contribution in [0, 0.1) is 0 Å². The Balaban J connectivity index is 1.06. The molecule has 0 N–H and O–H groups in total. The van der Waals surface area contributed by atoms with E-state index in [-0.39, 0.29) is 25.0 Å². The number of ether oxygens (including phenoxy) is 3. The molecule has 3 aromatic rings. The molecule has 8 heteroatoms. The molecule has 8 nitrogen and oxygen atoms in total. The summed E-state index contributed by atoms with van der Waals surface area (Å²) in [4.78, 5) is 31.9. The topological polar surface area (TPSA) is 71.6 Å². The molecule has 36 heavy (non-hydrogen) atoms. The number of imide groups is 1. The molecule has 3 heterocycles. The van der Waals surface area contributed by atoms with E-state index in [9.17, 15) is 9.59 Å². The summed E-state index contributed by atoms with van der Waals surface area (Å²) in [5.41, 5.74) is 1.75. The number of amides is 2. The molecule has 0 unspecified atom stereocenters. The van der Waals surface area contributed by atoms with Gasteiger partial charge in [0.25, 0.3) is 5.91 Å². The van der Waals surface area contributed by atoms with E-state index in [0.29, 0.717) is 11.4 Å². The fourth-order valence-electron chi connectivity index (χ4n) is 4.99. The Labute approximate surface area is 209 Å². The Morgan fingerprint density at radius 2 is 1.53 bits per heavy atom. The lowest BCUT2D eigenvalue weighted by Gasteiger charge is -2.37. The number of benzene rings is 3. The van der Waals surface area contributed by atoms with Crippen molar-refractivity contribution in [1.29, 1.82) is 0 Å². The first-order valence-electron chi connectivity index (χ1n) is 12.2. The van der Waals surface area contributed by atoms with Gasteiger partial charge in [0, 0.05) is 32.7 Å². The minimum Gasteiger partial charge on any atom is -0.457 e. The van der Waals surface area contributed by atoms with Crippen LogP contribution in [0.5, 0.6) is 23.0 Å². The number of anilines is 1. The summed E-state index contributed by atoms with van der Waals surface area (Å²) in [6.45, 7) is 4.23. The maximum atomic E-state index is 13.3. The number of rotatable bonds is 6. The average molecular weight is 486 g/mol. The molecule has 6 rings (SSSR count). The van der Waals surface area contributed by atoms with Crippen molar-refractivity contribution in [2.75, 3.05) is 37.9 Å². The summed E-state index contributed by atoms with van der Waals surface area (Å²) in [7, 11) is 0. The van der Waals surface area contributed by atoms with Gasteiger partial charge in [-0.25, -0.2) is 4.90 Å². The zero-order chi connectivity index (χ0) is 24.5. The number of fused-ring (bicyclic) bond motifs is 1. The second kappa shape index (κ2) is 9.64. The largest absolute Gasteiger partial charge is 0.457 e. The molecule has 2 fully saturated rings. The fraction of sp³-hybridized carbons (Fsp3) is 0.286. The summed E-state index contributed by atoms with van der Waals surface area (Å²) in [6.07, 6.45) is 0.212. The lowest BCUT2D eigenvalue weighted by Crippen LogP contribution is -2.52. The molecule has 3 aliphatic rings. The van der Waals surface area contributed by atoms with Gasteiger partial charge in [0.1, 0.15) is 11.5 Å². The molecule has 1 atom stereocenters. The standard InChI is InChI=1S/C28H27N3O5/c32-27-17-24(28(33)31(27)21-7-9-23(10-8-21)36-22-4-2-1-3-5-22)30-14-12-29(13-15-30)18-20-6-11-25-26(16-20)35-19-34-25/h1-11,16,24H,12-15,17-19H2/t24-/m0/s1. The van der Waals surface area contributed by atoms with Gasteiger partial charge in [0.15, 0.2) is 11.5 Å². The molecule has 2 amide bonds. The monoisotopic (exact) mass is 485 g/mol. The van der Waals surface area contributed by atoms with Crippen LogP contribution in [0.3, 0.4) is 0 Å². The van der Waals surface area contributed by atoms with Crippen LogP contribution in [0.2, 0.25) is 0 Å². The second-order valence-corrected chi connectivity index (χ2v) is 9.20. The van der Waals surface area contributed by atoms with Crippen molar-refractivity contribution in [3.8, 4) is 23.0 Å². The summed E-state index contributed by atoms with van der Waals surface area (Å²) in [5, 5.41) is 0. The van der Waals surface area contributed by atoms with Gasteiger partial charge in [-0.3, -0.25) is 19.4 Å². The minimum atomic E-state index is -0.412. The van der Waals surface area contributed by atoms with E-state index in [4.69, 9.17) is 14.2 Å². The van der Waals surface area contributed by atoms with Gasteiger partial charge >= 0.3 is 0 Å². The quantitative estimate of drug-likeness (QED) is 0.494. The SMILES string of the molecule is O=C1C[C@H](N2CCN(Cc3ccc4c(c3)OCO4)CC2)C(=O)N1c1ccc(Oc2ccccc2)cc1. The van der Waals surface area contributed by atoms with Crippen molar-refractivity contribution in [3.63, 3.8) is 0 Å². The molecular formula is C28H27N3O5. The average Bonchev–Trinajstić information content (AvgIpc) is 3.49. The highest BCUT2D eigenvalue weighted by Gasteiger charge is 2.43. The van der Waals surface area contributed by atoms with Crippen molar-refractivity contribution in [2.24, 2.45) is 0 Å². The number of hydrogen-bond acceptors (Lipinski definition) is 7. The van der Waals surface area contributed by atoms with Gasteiger partial charge in [-0.1, -0.05) is 24.3 Å². The Kier molecular flexibility index (Phi) is 6.04. The van der Waals surface area contributed by atoms with E-state index in [1.165, 1.54) is 10.5 Å². The normalized spacial score (nSPS) is 20.2. The fourth-order valence-corrected chi connectivity index (χ4v) is 4.99. The smallest absolute Gasteiger partial charge is 0.251 e. The van der Waals surface area contributed by atoms with Gasteiger partial charge in [-0.05, 0) is 54.1 Å². The van der Waals surface area contributed by atoms with Gasteiger partial charge in [-0.15, -0.1) is 0 Å². The summed E-state index contributed by atoms with van der Waals surface area (Å²) in [5.74, 6) is 2.65. The third-order valence-electron chi connectivity index (χ3n) is 6.89. The highest BCUT2D eigenvalue weighted by atomic mass is 16.7. The Bertz CT molecular complexity index is 1260. The van der Waals surface area contributed by atoms with Crippen LogP contribution in [-0.2, 0) is 16.1 Å². The van der Waals surface area contributed by atoms with Crippen LogP contribution in [0.4, 0.5) is 5.69 Å². The third-order valence-corrected chi connectivity index (χ3v) is 6.89. The van der Waals surface area contributed by atoms with Crippen LogP contribution in [-0.4, -0.2) is 60.6 Å². The summed E-state index contributed by atoms with van der Waals surface area (Å²) in [6, 6.07) is 22.2. The first kappa shape index (κ1) is 22.6. The predicted molar refractivity (Wildman–Crippen MR) is 133 cm³/mol. The van der Waals surface area contributed by atoms with Crippen molar-refractivity contribution in [2.45, 2.75) is 19.0 Å². The molecule has 0 aliphatic carbocycles. The van der Waals surface area contributed by atoms with Gasteiger partial charge in [0.05, 0.1) is 18.2 Å². The van der Waals surface area contributed by atoms with Gasteiger partial charge < -0.3 is 14.2 Å². The Morgan fingerprint density at radius 3 is 2.31 bits per heavy atom. The number of carbonyl (C=O) groups excluding carboxylic acids is 2. The maximum Gasteiger partial charge on any atom is 0.251 e. The number of nitrogens with zero attached hydrogens (tertiary/aromatic N) is 3. The summed E-state index contributed by atoms with van der Waals surface area (Å²) < 4.78 is 16.7. The predicted octanol–water partition coefficient (Wildman–Crippen LogP) is 3.66. The first-order valence-corrected chi connectivity index (χ1v) is 12.2. The Morgan fingerprint density at radius 1 is 0.806 bits per heavy atom. The van der Waals surface area contributed by atoms with Crippen molar-refractivity contribution >= 4 is 17.5 Å². The molecule has 3 aromatic carbocycles. The van der Waals surface area contributed by atoms with Crippen molar-refractivity contribution < 1.29 is 23.8 Å². The van der Waals surface area contributed by atoms with Crippen LogP contribution in [0.15, 0.2) is 72.8 Å². The maximum absolute atomic E-state index is 13.3. The van der Waals surface area contributed by atoms with Crippen molar-refractivity contribution in [3.05, 3.63) is 78.4 Å². The Hall–Kier alpha value is -3.88. The number of carbonyl (C=O) groups is 2. The molecular weight excluding hydrogens is 458 g/mol. The van der Waals surface area contributed by atoms with Crippen LogP contribution in [0.1, 0.15) is 12.0 Å². The van der Waals surface area contributed by atoms with E-state index in [1.54, 1.807) is 24.3 Å². The molecule has 184 valence electrons. The first-order chi connectivity index (χ1) is 17.6. The third kappa shape index (κ3) is 4.53. The van der Waals surface area contributed by atoms with E-state index in [2.05, 4.69) is 15.9 Å². The van der Waals surface area contributed by atoms with Gasteiger partial charge in [-0.2, -0.15) is 0 Å². The van der Waals surface area contributed by atoms with E-state index in [0.717, 1.165) is 50.0 Å². The van der Waals surface area contributed by atoms with Gasteiger partial charge in [0.2, 0.25) is 12.7 Å². The zero-order valence-electron chi connectivity index (χ0n) is 19.8. The lowest BCUT2D eigenvalue weighted by atomic mass is 10.1. The number of hydrogen-bond donors (Lipinski definition) is 0. The number of piperazine rings is 1. The number of para-hydroxylation sites is 1. The highest BCUT2D eigenvalue weighted by molar-refractivity contribution is 6.22.